The third kappa shape index (κ3) is 3.07. The van der Waals surface area contributed by atoms with E-state index in [0.717, 1.165) is 5.52 Å². The van der Waals surface area contributed by atoms with Crippen molar-refractivity contribution in [3.63, 3.8) is 0 Å². The van der Waals surface area contributed by atoms with Crippen LogP contribution in [0.1, 0.15) is 21.6 Å². The van der Waals surface area contributed by atoms with E-state index >= 15 is 0 Å². The number of hydrogen-bond acceptors (Lipinski definition) is 6. The fraction of sp³-hybridized carbons (Fsp3) is 0.125. The zero-order valence-corrected chi connectivity index (χ0v) is 14.1. The van der Waals surface area contributed by atoms with Crippen LogP contribution in [0.5, 0.6) is 0 Å². The van der Waals surface area contributed by atoms with Crippen LogP contribution in [0.3, 0.4) is 0 Å². The molecule has 0 amide bonds. The Kier molecular flexibility index (Phi) is 4.69. The van der Waals surface area contributed by atoms with Gasteiger partial charge >= 0.3 is 5.97 Å². The van der Waals surface area contributed by atoms with Gasteiger partial charge in [0.2, 0.25) is 0 Å². The van der Waals surface area contributed by atoms with Crippen molar-refractivity contribution in [2.45, 2.75) is 11.8 Å². The summed E-state index contributed by atoms with van der Waals surface area (Å²) < 4.78 is 7.09. The average molecular weight is 359 g/mol. The summed E-state index contributed by atoms with van der Waals surface area (Å²) in [6.45, 7) is -0.0433. The summed E-state index contributed by atoms with van der Waals surface area (Å²) >= 11 is 7.26. The maximum atomic E-state index is 12.2. The Hall–Kier alpha value is -2.56. The molecule has 0 unspecified atom stereocenters. The van der Waals surface area contributed by atoms with Crippen molar-refractivity contribution in [1.29, 1.82) is 5.26 Å². The van der Waals surface area contributed by atoms with E-state index in [4.69, 9.17) is 16.3 Å². The predicted molar refractivity (Wildman–Crippen MR) is 90.1 cm³/mol. The fourth-order valence-corrected chi connectivity index (χ4v) is 2.73. The highest BCUT2D eigenvalue weighted by Crippen LogP contribution is 2.21. The molecule has 0 radical (unpaired) electrons. The molecule has 120 valence electrons. The number of aromatic nitrogens is 3. The quantitative estimate of drug-likeness (QED) is 0.404. The van der Waals surface area contributed by atoms with E-state index in [9.17, 15) is 10.1 Å². The number of halogens is 1. The van der Waals surface area contributed by atoms with Crippen LogP contribution in [0.4, 0.5) is 0 Å². The Morgan fingerprint density at radius 2 is 2.33 bits per heavy atom. The highest BCUT2D eigenvalue weighted by Gasteiger charge is 2.17. The summed E-state index contributed by atoms with van der Waals surface area (Å²) in [5.41, 5.74) is 1.86. The van der Waals surface area contributed by atoms with Gasteiger partial charge in [-0.15, -0.1) is 0 Å². The van der Waals surface area contributed by atoms with Crippen LogP contribution in [0.2, 0.25) is 5.02 Å². The summed E-state index contributed by atoms with van der Waals surface area (Å²) in [5.74, 6) is -0.656. The minimum absolute atomic E-state index is 0.0123. The monoisotopic (exact) mass is 358 g/mol. The molecular weight excluding hydrogens is 348 g/mol. The first kappa shape index (κ1) is 16.3. The predicted octanol–water partition coefficient (Wildman–Crippen LogP) is 3.33. The zero-order valence-electron chi connectivity index (χ0n) is 12.6. The molecule has 3 heterocycles. The van der Waals surface area contributed by atoms with Gasteiger partial charge in [-0.05, 0) is 18.4 Å². The van der Waals surface area contributed by atoms with Crippen molar-refractivity contribution in [3.05, 3.63) is 58.6 Å². The van der Waals surface area contributed by atoms with Crippen LogP contribution in [-0.4, -0.2) is 26.6 Å². The lowest BCUT2D eigenvalue weighted by Crippen LogP contribution is -2.09. The van der Waals surface area contributed by atoms with Gasteiger partial charge in [-0.25, -0.2) is 14.8 Å². The molecule has 0 aliphatic carbocycles. The number of hydrogen-bond donors (Lipinski definition) is 0. The van der Waals surface area contributed by atoms with E-state index in [1.807, 2.05) is 28.8 Å². The van der Waals surface area contributed by atoms with E-state index in [2.05, 4.69) is 16.0 Å². The molecule has 24 heavy (non-hydrogen) atoms. The summed E-state index contributed by atoms with van der Waals surface area (Å²) in [6.07, 6.45) is 6.75. The van der Waals surface area contributed by atoms with Crippen molar-refractivity contribution in [1.82, 2.24) is 14.4 Å². The minimum atomic E-state index is -0.656. The zero-order chi connectivity index (χ0) is 17.1. The van der Waals surface area contributed by atoms with Crippen molar-refractivity contribution in [2.24, 2.45) is 0 Å². The van der Waals surface area contributed by atoms with Crippen molar-refractivity contribution in [2.75, 3.05) is 6.26 Å². The first-order valence-corrected chi connectivity index (χ1v) is 8.46. The Morgan fingerprint density at radius 1 is 1.50 bits per heavy atom. The van der Waals surface area contributed by atoms with Gasteiger partial charge in [-0.1, -0.05) is 29.4 Å². The molecule has 0 saturated carbocycles. The summed E-state index contributed by atoms with van der Waals surface area (Å²) in [7, 11) is 0. The van der Waals surface area contributed by atoms with E-state index in [1.54, 1.807) is 12.5 Å². The first-order chi connectivity index (χ1) is 11.6. The summed E-state index contributed by atoms with van der Waals surface area (Å²) in [4.78, 5) is 20.3. The standard InChI is InChI=1S/C16H11ClN4O2S/c1-24-16-19-7-12(17)14(20-16)15(22)23-9-10-8-21-5-3-2-4-13(21)11(10)6-18/h2-5,7-8H,9H2,1H3. The largest absolute Gasteiger partial charge is 0.456 e. The molecule has 0 saturated heterocycles. The van der Waals surface area contributed by atoms with Crippen LogP contribution in [0.25, 0.3) is 5.52 Å². The molecule has 0 aromatic carbocycles. The lowest BCUT2D eigenvalue weighted by atomic mass is 10.2. The second-order valence-corrected chi connectivity index (χ2v) is 5.94. The molecule has 0 N–H and O–H groups in total. The topological polar surface area (TPSA) is 80.3 Å². The number of nitrogens with zero attached hydrogens (tertiary/aromatic N) is 4. The number of carbonyl (C=O) groups is 1. The first-order valence-electron chi connectivity index (χ1n) is 6.86. The van der Waals surface area contributed by atoms with E-state index in [0.29, 0.717) is 16.3 Å². The van der Waals surface area contributed by atoms with E-state index in [1.165, 1.54) is 18.0 Å². The van der Waals surface area contributed by atoms with Gasteiger partial charge in [0.05, 0.1) is 22.3 Å². The fourth-order valence-electron chi connectivity index (χ4n) is 2.22. The summed E-state index contributed by atoms with van der Waals surface area (Å²) in [5, 5.41) is 9.91. The number of ether oxygens (including phenoxy) is 1. The third-order valence-electron chi connectivity index (χ3n) is 3.33. The van der Waals surface area contributed by atoms with Crippen molar-refractivity contribution >= 4 is 34.8 Å². The van der Waals surface area contributed by atoms with Crippen LogP contribution < -0.4 is 0 Å². The Balaban J connectivity index is 1.84. The second-order valence-electron chi connectivity index (χ2n) is 4.76. The molecule has 6 nitrogen and oxygen atoms in total. The lowest BCUT2D eigenvalue weighted by molar-refractivity contribution is 0.0464. The number of pyridine rings is 1. The van der Waals surface area contributed by atoms with Gasteiger partial charge in [-0.3, -0.25) is 0 Å². The van der Waals surface area contributed by atoms with Crippen LogP contribution in [-0.2, 0) is 11.3 Å². The van der Waals surface area contributed by atoms with Gasteiger partial charge in [0.15, 0.2) is 10.9 Å². The van der Waals surface area contributed by atoms with Gasteiger partial charge < -0.3 is 9.14 Å². The van der Waals surface area contributed by atoms with Crippen LogP contribution >= 0.6 is 23.4 Å². The third-order valence-corrected chi connectivity index (χ3v) is 4.17. The molecule has 3 aromatic rings. The number of rotatable bonds is 4. The molecule has 8 heteroatoms. The number of fused-ring (bicyclic) bond motifs is 1. The minimum Gasteiger partial charge on any atom is -0.456 e. The van der Waals surface area contributed by atoms with Gasteiger partial charge in [-0.2, -0.15) is 5.26 Å². The molecule has 0 fully saturated rings. The number of carbonyl (C=O) groups excluding carboxylic acids is 1. The number of nitriles is 1. The molecule has 0 aliphatic heterocycles. The Labute approximate surface area is 147 Å². The maximum absolute atomic E-state index is 12.2. The maximum Gasteiger partial charge on any atom is 0.358 e. The van der Waals surface area contributed by atoms with Crippen molar-refractivity contribution in [3.8, 4) is 6.07 Å². The molecule has 0 atom stereocenters. The SMILES string of the molecule is CSc1ncc(Cl)c(C(=O)OCc2cn3ccccc3c2C#N)n1. The Morgan fingerprint density at radius 3 is 3.08 bits per heavy atom. The van der Waals surface area contributed by atoms with E-state index in [-0.39, 0.29) is 17.3 Å². The average Bonchev–Trinajstić information content (AvgIpc) is 2.97. The highest BCUT2D eigenvalue weighted by atomic mass is 35.5. The summed E-state index contributed by atoms with van der Waals surface area (Å²) in [6, 6.07) is 7.67. The molecule has 3 rings (SSSR count). The number of thioether (sulfide) groups is 1. The molecule has 0 spiro atoms. The molecule has 0 bridgehead atoms. The van der Waals surface area contributed by atoms with Crippen LogP contribution in [0, 0.1) is 11.3 Å². The van der Waals surface area contributed by atoms with Gasteiger partial charge in [0.1, 0.15) is 12.7 Å². The second kappa shape index (κ2) is 6.91. The van der Waals surface area contributed by atoms with E-state index < -0.39 is 5.97 Å². The van der Waals surface area contributed by atoms with Crippen LogP contribution in [0.15, 0.2) is 41.9 Å². The Bertz CT molecular complexity index is 964. The van der Waals surface area contributed by atoms with Gasteiger partial charge in [0, 0.05) is 18.0 Å². The normalized spacial score (nSPS) is 10.5. The smallest absolute Gasteiger partial charge is 0.358 e. The number of esters is 1. The molecule has 3 aromatic heterocycles. The molecular formula is C16H11ClN4O2S. The van der Waals surface area contributed by atoms with Crippen molar-refractivity contribution < 1.29 is 9.53 Å². The highest BCUT2D eigenvalue weighted by molar-refractivity contribution is 7.98. The lowest BCUT2D eigenvalue weighted by Gasteiger charge is -2.05. The van der Waals surface area contributed by atoms with Gasteiger partial charge in [0.25, 0.3) is 0 Å². The molecule has 0 aliphatic rings.